The van der Waals surface area contributed by atoms with Gasteiger partial charge in [-0.15, -0.1) is 0 Å². The van der Waals surface area contributed by atoms with E-state index in [1.807, 2.05) is 0 Å². The molecule has 4 rings (SSSR count). The van der Waals surface area contributed by atoms with Gasteiger partial charge < -0.3 is 14.7 Å². The molecule has 1 aliphatic heterocycles. The molecule has 0 radical (unpaired) electrons. The fourth-order valence-corrected chi connectivity index (χ4v) is 4.25. The zero-order chi connectivity index (χ0) is 24.1. The van der Waals surface area contributed by atoms with Crippen molar-refractivity contribution in [1.82, 2.24) is 4.90 Å². The number of ether oxygens (including phenoxy) is 1. The van der Waals surface area contributed by atoms with Crippen molar-refractivity contribution in [3.05, 3.63) is 94.0 Å². The van der Waals surface area contributed by atoms with Gasteiger partial charge in [0, 0.05) is 54.6 Å². The van der Waals surface area contributed by atoms with Crippen molar-refractivity contribution in [1.29, 1.82) is 0 Å². The van der Waals surface area contributed by atoms with E-state index in [2.05, 4.69) is 41.8 Å². The minimum absolute atomic E-state index is 0.0665. The Labute approximate surface area is 206 Å². The average molecular weight is 479 g/mol. The van der Waals surface area contributed by atoms with Crippen LogP contribution in [-0.4, -0.2) is 61.2 Å². The molecule has 3 aromatic rings. The highest BCUT2D eigenvalue weighted by atomic mass is 35.5. The normalized spacial score (nSPS) is 15.2. The Kier molecular flexibility index (Phi) is 7.88. The molecule has 1 aliphatic rings. The topological polar surface area (TPSA) is 53.0 Å². The minimum Gasteiger partial charge on any atom is -0.491 e. The summed E-state index contributed by atoms with van der Waals surface area (Å²) in [6.07, 6.45) is -0.580. The summed E-state index contributed by atoms with van der Waals surface area (Å²) in [4.78, 5) is 17.2. The average Bonchev–Trinajstić information content (AvgIpc) is 2.85. The number of carbonyl (C=O) groups excluding carboxylic acids is 1. The van der Waals surface area contributed by atoms with Gasteiger partial charge in [0.05, 0.1) is 0 Å². The molecule has 0 aliphatic carbocycles. The quantitative estimate of drug-likeness (QED) is 0.473. The lowest BCUT2D eigenvalue weighted by Crippen LogP contribution is -2.49. The van der Waals surface area contributed by atoms with Crippen molar-refractivity contribution in [2.45, 2.75) is 20.0 Å². The maximum Gasteiger partial charge on any atom is 0.193 e. The molecule has 0 amide bonds. The van der Waals surface area contributed by atoms with Crippen LogP contribution in [0.25, 0.3) is 0 Å². The maximum atomic E-state index is 12.6. The van der Waals surface area contributed by atoms with E-state index in [4.69, 9.17) is 16.3 Å². The van der Waals surface area contributed by atoms with E-state index >= 15 is 0 Å². The standard InChI is InChI=1S/C28H31ClN2O3/c1-20-3-10-25(17-21(20)2)31-15-13-30(14-16-31)18-26(32)19-34-27-11-6-23(7-12-27)28(33)22-4-8-24(29)9-5-22/h3-12,17,26,32H,13-16,18-19H2,1-2H3/t26-/m1/s1. The van der Waals surface area contributed by atoms with Crippen LogP contribution in [-0.2, 0) is 0 Å². The molecular weight excluding hydrogens is 448 g/mol. The number of carbonyl (C=O) groups is 1. The summed E-state index contributed by atoms with van der Waals surface area (Å²) in [5.41, 5.74) is 5.07. The fourth-order valence-electron chi connectivity index (χ4n) is 4.12. The van der Waals surface area contributed by atoms with Crippen LogP contribution in [0.2, 0.25) is 5.02 Å². The number of ketones is 1. The largest absolute Gasteiger partial charge is 0.491 e. The lowest BCUT2D eigenvalue weighted by molar-refractivity contribution is 0.0663. The lowest BCUT2D eigenvalue weighted by atomic mass is 10.0. The van der Waals surface area contributed by atoms with Crippen LogP contribution in [0.3, 0.4) is 0 Å². The molecule has 3 aromatic carbocycles. The van der Waals surface area contributed by atoms with Crippen LogP contribution in [0.5, 0.6) is 5.75 Å². The van der Waals surface area contributed by atoms with E-state index in [1.165, 1.54) is 16.8 Å². The second-order valence-corrected chi connectivity index (χ2v) is 9.32. The highest BCUT2D eigenvalue weighted by Crippen LogP contribution is 2.21. The Bertz CT molecular complexity index is 1110. The van der Waals surface area contributed by atoms with Gasteiger partial charge in [-0.25, -0.2) is 0 Å². The zero-order valence-corrected chi connectivity index (χ0v) is 20.5. The number of anilines is 1. The Balaban J connectivity index is 1.22. The summed E-state index contributed by atoms with van der Waals surface area (Å²) in [6, 6.07) is 20.5. The summed E-state index contributed by atoms with van der Waals surface area (Å²) in [6.45, 7) is 8.78. The molecule has 0 saturated carbocycles. The smallest absolute Gasteiger partial charge is 0.193 e. The first-order valence-electron chi connectivity index (χ1n) is 11.6. The molecule has 1 fully saturated rings. The Morgan fingerprint density at radius 1 is 0.912 bits per heavy atom. The predicted octanol–water partition coefficient (Wildman–Crippen LogP) is 4.75. The van der Waals surface area contributed by atoms with E-state index in [-0.39, 0.29) is 12.4 Å². The molecule has 178 valence electrons. The van der Waals surface area contributed by atoms with E-state index < -0.39 is 6.10 Å². The summed E-state index contributed by atoms with van der Waals surface area (Å²) in [5, 5.41) is 11.1. The monoisotopic (exact) mass is 478 g/mol. The zero-order valence-electron chi connectivity index (χ0n) is 19.7. The molecule has 6 heteroatoms. The minimum atomic E-state index is -0.580. The fraction of sp³-hybridized carbons (Fsp3) is 0.321. The van der Waals surface area contributed by atoms with Gasteiger partial charge in [0.15, 0.2) is 5.78 Å². The molecule has 5 nitrogen and oxygen atoms in total. The van der Waals surface area contributed by atoms with Crippen molar-refractivity contribution >= 4 is 23.1 Å². The van der Waals surface area contributed by atoms with Crippen LogP contribution < -0.4 is 9.64 Å². The van der Waals surface area contributed by atoms with Gasteiger partial charge in [-0.3, -0.25) is 9.69 Å². The van der Waals surface area contributed by atoms with E-state index in [0.29, 0.717) is 28.4 Å². The SMILES string of the molecule is Cc1ccc(N2CCN(C[C@@H](O)COc3ccc(C(=O)c4ccc(Cl)cc4)cc3)CC2)cc1C. The Hall–Kier alpha value is -2.86. The van der Waals surface area contributed by atoms with Crippen LogP contribution in [0, 0.1) is 13.8 Å². The van der Waals surface area contributed by atoms with E-state index in [9.17, 15) is 9.90 Å². The van der Waals surface area contributed by atoms with Gasteiger partial charge in [0.25, 0.3) is 0 Å². The second-order valence-electron chi connectivity index (χ2n) is 8.88. The first kappa shape index (κ1) is 24.3. The third kappa shape index (κ3) is 6.17. The highest BCUT2D eigenvalue weighted by Gasteiger charge is 2.20. The summed E-state index contributed by atoms with van der Waals surface area (Å²) < 4.78 is 5.76. The van der Waals surface area contributed by atoms with Crippen LogP contribution in [0.4, 0.5) is 5.69 Å². The van der Waals surface area contributed by atoms with E-state index in [1.54, 1.807) is 48.5 Å². The molecule has 0 unspecified atom stereocenters. The summed E-state index contributed by atoms with van der Waals surface area (Å²) in [7, 11) is 0. The van der Waals surface area contributed by atoms with Gasteiger partial charge >= 0.3 is 0 Å². The number of benzene rings is 3. The van der Waals surface area contributed by atoms with E-state index in [0.717, 1.165) is 26.2 Å². The second kappa shape index (κ2) is 11.0. The number of piperazine rings is 1. The number of hydrogen-bond donors (Lipinski definition) is 1. The van der Waals surface area contributed by atoms with Gasteiger partial charge in [0.1, 0.15) is 18.5 Å². The van der Waals surface area contributed by atoms with Gasteiger partial charge in [-0.2, -0.15) is 0 Å². The van der Waals surface area contributed by atoms with Gasteiger partial charge in [-0.05, 0) is 85.6 Å². The maximum absolute atomic E-state index is 12.6. The number of nitrogens with zero attached hydrogens (tertiary/aromatic N) is 2. The summed E-state index contributed by atoms with van der Waals surface area (Å²) >= 11 is 5.89. The number of aliphatic hydroxyl groups excluding tert-OH is 1. The van der Waals surface area contributed by atoms with Crippen molar-refractivity contribution in [2.24, 2.45) is 0 Å². The molecule has 1 saturated heterocycles. The highest BCUT2D eigenvalue weighted by molar-refractivity contribution is 6.30. The number of halogens is 1. The predicted molar refractivity (Wildman–Crippen MR) is 137 cm³/mol. The molecule has 0 bridgehead atoms. The van der Waals surface area contributed by atoms with Crippen LogP contribution >= 0.6 is 11.6 Å². The Morgan fingerprint density at radius 3 is 2.15 bits per heavy atom. The number of β-amino-alcohol motifs (C(OH)–C–C–N with tert-alkyl or cyclic N) is 1. The molecule has 0 aromatic heterocycles. The first-order chi connectivity index (χ1) is 16.4. The van der Waals surface area contributed by atoms with Crippen molar-refractivity contribution in [2.75, 3.05) is 44.2 Å². The number of rotatable bonds is 8. The van der Waals surface area contributed by atoms with Gasteiger partial charge in [0.2, 0.25) is 0 Å². The first-order valence-corrected chi connectivity index (χ1v) is 12.0. The van der Waals surface area contributed by atoms with Crippen LogP contribution in [0.15, 0.2) is 66.7 Å². The molecule has 34 heavy (non-hydrogen) atoms. The molecule has 0 spiro atoms. The molecule has 1 atom stereocenters. The van der Waals surface area contributed by atoms with Crippen molar-refractivity contribution in [3.8, 4) is 5.75 Å². The van der Waals surface area contributed by atoms with Crippen molar-refractivity contribution in [3.63, 3.8) is 0 Å². The molecule has 1 N–H and O–H groups in total. The number of aryl methyl sites for hydroxylation is 2. The lowest BCUT2D eigenvalue weighted by Gasteiger charge is -2.37. The van der Waals surface area contributed by atoms with Crippen molar-refractivity contribution < 1.29 is 14.6 Å². The number of aliphatic hydroxyl groups is 1. The van der Waals surface area contributed by atoms with Crippen LogP contribution in [0.1, 0.15) is 27.0 Å². The van der Waals surface area contributed by atoms with Gasteiger partial charge in [-0.1, -0.05) is 17.7 Å². The summed E-state index contributed by atoms with van der Waals surface area (Å²) in [5.74, 6) is 0.564. The number of hydrogen-bond acceptors (Lipinski definition) is 5. The third-order valence-electron chi connectivity index (χ3n) is 6.36. The molecule has 1 heterocycles. The third-order valence-corrected chi connectivity index (χ3v) is 6.61. The Morgan fingerprint density at radius 2 is 1.53 bits per heavy atom. The molecular formula is C28H31ClN2O3.